The molecule has 0 bridgehead atoms. The van der Waals surface area contributed by atoms with Gasteiger partial charge in [-0.3, -0.25) is 10.1 Å². The van der Waals surface area contributed by atoms with Gasteiger partial charge in [-0.1, -0.05) is 97.1 Å². The van der Waals surface area contributed by atoms with Crippen molar-refractivity contribution in [1.82, 2.24) is 19.8 Å². The lowest BCUT2D eigenvalue weighted by atomic mass is 9.92. The van der Waals surface area contributed by atoms with Crippen LogP contribution in [-0.2, 0) is 5.41 Å². The van der Waals surface area contributed by atoms with E-state index in [1.807, 2.05) is 36.0 Å². The van der Waals surface area contributed by atoms with Gasteiger partial charge in [0.05, 0.1) is 21.6 Å². The number of hydrogen-bond donors (Lipinski definition) is 2. The van der Waals surface area contributed by atoms with E-state index in [0.29, 0.717) is 5.75 Å². The van der Waals surface area contributed by atoms with Gasteiger partial charge in [-0.05, 0) is 48.6 Å². The van der Waals surface area contributed by atoms with Crippen LogP contribution in [-0.4, -0.2) is 37.2 Å². The van der Waals surface area contributed by atoms with Gasteiger partial charge in [0.15, 0.2) is 18.2 Å². The molecule has 11 heteroatoms. The Morgan fingerprint density at radius 2 is 1.64 bits per heavy atom. The van der Waals surface area contributed by atoms with Gasteiger partial charge in [0.2, 0.25) is 0 Å². The van der Waals surface area contributed by atoms with E-state index in [9.17, 15) is 10.1 Å². The molecule has 0 unspecified atom stereocenters. The number of thioether (sulfide) groups is 1. The number of nitrogens with zero attached hydrogens (tertiary/aromatic N) is 4. The molecule has 0 fully saturated rings. The Hall–Kier alpha value is -3.24. The van der Waals surface area contributed by atoms with Crippen LogP contribution in [0.3, 0.4) is 0 Å². The lowest BCUT2D eigenvalue weighted by Crippen LogP contribution is -2.13. The average Bonchev–Trinajstić information content (AvgIpc) is 3.56. The number of ether oxygens (including phenoxy) is 1. The van der Waals surface area contributed by atoms with E-state index >= 15 is 0 Å². The summed E-state index contributed by atoms with van der Waals surface area (Å²) < 4.78 is 7.36. The molecule has 2 aromatic heterocycles. The quantitative estimate of drug-likeness (QED) is 0.0366. The Morgan fingerprint density at radius 3 is 2.27 bits per heavy atom. The molecule has 0 amide bonds. The summed E-state index contributed by atoms with van der Waals surface area (Å²) in [6.45, 7) is 9.00. The molecule has 0 aliphatic rings. The lowest BCUT2D eigenvalue weighted by molar-refractivity contribution is -0.384. The number of aromatic amines is 1. The zero-order valence-corrected chi connectivity index (χ0v) is 27.9. The number of aromatic nitrogens is 4. The molecule has 0 saturated heterocycles. The summed E-state index contributed by atoms with van der Waals surface area (Å²) >= 11 is 7.76. The Balaban J connectivity index is 1.31. The zero-order valence-electron chi connectivity index (χ0n) is 26.3. The van der Waals surface area contributed by atoms with Crippen molar-refractivity contribution in [3.05, 3.63) is 63.3 Å². The highest BCUT2D eigenvalue weighted by Crippen LogP contribution is 2.36. The molecule has 238 valence electrons. The summed E-state index contributed by atoms with van der Waals surface area (Å²) in [5.74, 6) is 2.19. The van der Waals surface area contributed by atoms with Crippen molar-refractivity contribution in [3.8, 4) is 17.1 Å². The van der Waals surface area contributed by atoms with Crippen LogP contribution < -0.4 is 10.1 Å². The predicted molar refractivity (Wildman–Crippen MR) is 181 cm³/mol. The number of H-pyrrole nitrogens is 1. The van der Waals surface area contributed by atoms with Gasteiger partial charge in [-0.2, -0.15) is 5.10 Å². The molecule has 0 radical (unpaired) electrons. The van der Waals surface area contributed by atoms with Gasteiger partial charge >= 0.3 is 0 Å². The maximum Gasteiger partial charge on any atom is 0.291 e. The molecule has 2 heterocycles. The molecule has 0 aliphatic heterocycles. The summed E-state index contributed by atoms with van der Waals surface area (Å²) in [6, 6.07) is 12.2. The van der Waals surface area contributed by atoms with Crippen LogP contribution in [0, 0.1) is 10.1 Å². The second-order valence-corrected chi connectivity index (χ2v) is 13.7. The molecule has 0 spiro atoms. The van der Waals surface area contributed by atoms with E-state index in [1.165, 1.54) is 81.2 Å². The highest BCUT2D eigenvalue weighted by molar-refractivity contribution is 7.99. The van der Waals surface area contributed by atoms with Crippen LogP contribution in [0.15, 0.2) is 47.4 Å². The molecular formula is C33H45ClN6O3S. The number of fused-ring (bicyclic) bond motifs is 1. The smallest absolute Gasteiger partial charge is 0.291 e. The first-order chi connectivity index (χ1) is 21.2. The van der Waals surface area contributed by atoms with Crippen molar-refractivity contribution in [2.45, 2.75) is 102 Å². The highest BCUT2D eigenvalue weighted by Gasteiger charge is 2.26. The minimum Gasteiger partial charge on any atom is -0.473 e. The normalized spacial score (nSPS) is 11.8. The van der Waals surface area contributed by atoms with E-state index in [1.54, 1.807) is 10.7 Å². The zero-order chi connectivity index (χ0) is 31.5. The topological polar surface area (TPSA) is 110 Å². The summed E-state index contributed by atoms with van der Waals surface area (Å²) in [5, 5.41) is 24.0. The van der Waals surface area contributed by atoms with Crippen LogP contribution in [0.25, 0.3) is 17.0 Å². The Labute approximate surface area is 269 Å². The predicted octanol–water partition coefficient (Wildman–Crippen LogP) is 10.0. The van der Waals surface area contributed by atoms with Gasteiger partial charge in [-0.25, -0.2) is 0 Å². The highest BCUT2D eigenvalue weighted by atomic mass is 35.5. The van der Waals surface area contributed by atoms with E-state index in [-0.39, 0.29) is 22.9 Å². The maximum atomic E-state index is 11.1. The summed E-state index contributed by atoms with van der Waals surface area (Å²) in [7, 11) is 0. The van der Waals surface area contributed by atoms with Gasteiger partial charge in [0.25, 0.3) is 5.69 Å². The molecule has 4 aromatic rings. The van der Waals surface area contributed by atoms with Gasteiger partial charge in [0, 0.05) is 16.7 Å². The largest absolute Gasteiger partial charge is 0.473 e. The molecule has 0 atom stereocenters. The number of nitro groups is 1. The van der Waals surface area contributed by atoms with E-state index in [0.717, 1.165) is 34.2 Å². The van der Waals surface area contributed by atoms with E-state index < -0.39 is 4.92 Å². The Morgan fingerprint density at radius 1 is 0.977 bits per heavy atom. The third-order valence-electron chi connectivity index (χ3n) is 7.50. The molecule has 4 rings (SSSR count). The van der Waals surface area contributed by atoms with Crippen LogP contribution >= 0.6 is 23.4 Å². The minimum absolute atomic E-state index is 0.0747. The second-order valence-electron chi connectivity index (χ2n) is 12.2. The SMILES string of the molecule is CCCCCCCCCCCCSc1c(C(C)(C)C)nn2nc(-c3ccc(NCOc4ccc(Cl)c([N+](=O)[O-])c4)cc3)[nH]c12. The molecule has 0 aliphatic carbocycles. The van der Waals surface area contributed by atoms with Gasteiger partial charge in [-0.15, -0.1) is 21.5 Å². The standard InChI is InChI=1S/C33H45ClN6O3S/c1-5-6-7-8-9-10-11-12-13-14-21-44-29-30(33(2,3)4)37-39-32(29)36-31(38-39)24-15-17-25(18-16-24)35-23-43-26-19-20-27(34)28(22-26)40(41)42/h15-20,22,35H,5-14,21,23H2,1-4H3,(H,36,38). The van der Waals surface area contributed by atoms with Crippen molar-refractivity contribution < 1.29 is 9.66 Å². The molecular weight excluding hydrogens is 596 g/mol. The molecule has 2 N–H and O–H groups in total. The minimum atomic E-state index is -0.530. The van der Waals surface area contributed by atoms with Gasteiger partial charge in [0.1, 0.15) is 10.8 Å². The van der Waals surface area contributed by atoms with Crippen molar-refractivity contribution in [1.29, 1.82) is 0 Å². The average molecular weight is 641 g/mol. The van der Waals surface area contributed by atoms with Crippen LogP contribution in [0.4, 0.5) is 11.4 Å². The Bertz CT molecular complexity index is 1500. The summed E-state index contributed by atoms with van der Waals surface area (Å²) in [4.78, 5) is 15.3. The maximum absolute atomic E-state index is 11.1. The number of nitro benzene ring substituents is 1. The first-order valence-electron chi connectivity index (χ1n) is 15.7. The number of anilines is 1. The fourth-order valence-corrected chi connectivity index (χ4v) is 6.49. The number of hydrogen-bond acceptors (Lipinski definition) is 7. The fraction of sp³-hybridized carbons (Fsp3) is 0.515. The van der Waals surface area contributed by atoms with Crippen molar-refractivity contribution in [2.24, 2.45) is 0 Å². The fourth-order valence-electron chi connectivity index (χ4n) is 5.00. The Kier molecular flexibility index (Phi) is 12.4. The summed E-state index contributed by atoms with van der Waals surface area (Å²) in [5.41, 5.74) is 3.53. The monoisotopic (exact) mass is 640 g/mol. The van der Waals surface area contributed by atoms with E-state index in [2.05, 4.69) is 38.0 Å². The first kappa shape index (κ1) is 33.6. The van der Waals surface area contributed by atoms with E-state index in [4.69, 9.17) is 26.5 Å². The third kappa shape index (κ3) is 9.38. The summed E-state index contributed by atoms with van der Waals surface area (Å²) in [6.07, 6.45) is 13.4. The number of rotatable bonds is 18. The lowest BCUT2D eigenvalue weighted by Gasteiger charge is -2.17. The second kappa shape index (κ2) is 16.2. The van der Waals surface area contributed by atoms with Crippen LogP contribution in [0.2, 0.25) is 5.02 Å². The number of halogens is 1. The number of benzene rings is 2. The van der Waals surface area contributed by atoms with Crippen molar-refractivity contribution in [3.63, 3.8) is 0 Å². The van der Waals surface area contributed by atoms with Crippen LogP contribution in [0.1, 0.15) is 97.6 Å². The molecule has 0 saturated carbocycles. The molecule has 9 nitrogen and oxygen atoms in total. The van der Waals surface area contributed by atoms with Crippen LogP contribution in [0.5, 0.6) is 5.75 Å². The first-order valence-corrected chi connectivity index (χ1v) is 17.1. The molecule has 2 aromatic carbocycles. The van der Waals surface area contributed by atoms with Gasteiger partial charge < -0.3 is 15.0 Å². The number of unbranched alkanes of at least 4 members (excludes halogenated alkanes) is 9. The van der Waals surface area contributed by atoms with Crippen molar-refractivity contribution in [2.75, 3.05) is 17.8 Å². The molecule has 44 heavy (non-hydrogen) atoms. The third-order valence-corrected chi connectivity index (χ3v) is 8.99. The van der Waals surface area contributed by atoms with Crippen molar-refractivity contribution >= 4 is 40.4 Å². The number of nitrogens with one attached hydrogen (secondary N) is 2.